The van der Waals surface area contributed by atoms with Gasteiger partial charge in [0.05, 0.1) is 0 Å². The second kappa shape index (κ2) is 11.5. The fraction of sp³-hybridized carbons (Fsp3) is 0.818. The summed E-state index contributed by atoms with van der Waals surface area (Å²) in [6.07, 6.45) is 10.7. The zero-order chi connectivity index (χ0) is 9.07. The van der Waals surface area contributed by atoms with Crippen molar-refractivity contribution < 1.29 is 0 Å². The predicted octanol–water partition coefficient (Wildman–Crippen LogP) is 4.00. The maximum absolute atomic E-state index is 2.48. The fourth-order valence-electron chi connectivity index (χ4n) is 0.944. The summed E-state index contributed by atoms with van der Waals surface area (Å²) in [5.41, 5.74) is 0. The van der Waals surface area contributed by atoms with Gasteiger partial charge >= 0.3 is 88.0 Å². The first-order valence-electron chi connectivity index (χ1n) is 5.18. The van der Waals surface area contributed by atoms with Crippen molar-refractivity contribution in [3.63, 3.8) is 0 Å². The molecule has 0 heterocycles. The van der Waals surface area contributed by atoms with Crippen LogP contribution in [-0.2, 0) is 0 Å². The molecular formula is C11H22Te. The van der Waals surface area contributed by atoms with Crippen LogP contribution in [0.5, 0.6) is 0 Å². The monoisotopic (exact) mass is 284 g/mol. The summed E-state index contributed by atoms with van der Waals surface area (Å²) in [7, 11) is 0. The van der Waals surface area contributed by atoms with Gasteiger partial charge < -0.3 is 0 Å². The van der Waals surface area contributed by atoms with Crippen LogP contribution in [0.3, 0.4) is 0 Å². The molecule has 0 fully saturated rings. The summed E-state index contributed by atoms with van der Waals surface area (Å²) in [5, 5.41) is 0. The molecule has 0 atom stereocenters. The maximum atomic E-state index is 2.48. The average molecular weight is 282 g/mol. The molecule has 0 aliphatic heterocycles. The molecule has 0 N–H and O–H groups in total. The Kier molecular flexibility index (Phi) is 12.0. The Balaban J connectivity index is 2.93. The topological polar surface area (TPSA) is 0 Å². The minimum absolute atomic E-state index is 0.256. The molecule has 0 saturated carbocycles. The van der Waals surface area contributed by atoms with Crippen LogP contribution in [0.15, 0.2) is 10.2 Å². The van der Waals surface area contributed by atoms with Gasteiger partial charge in [0.1, 0.15) is 0 Å². The predicted molar refractivity (Wildman–Crippen MR) is 58.8 cm³/mol. The molecule has 0 aromatic carbocycles. The van der Waals surface area contributed by atoms with E-state index in [2.05, 4.69) is 24.0 Å². The normalized spacial score (nSPS) is 11.2. The molecule has 0 spiro atoms. The molecule has 72 valence electrons. The summed E-state index contributed by atoms with van der Waals surface area (Å²) in [6, 6.07) is 0. The van der Waals surface area contributed by atoms with Crippen LogP contribution in [0.1, 0.15) is 52.4 Å². The Labute approximate surface area is 87.9 Å². The van der Waals surface area contributed by atoms with E-state index in [-0.39, 0.29) is 20.9 Å². The van der Waals surface area contributed by atoms with Crippen LogP contribution < -0.4 is 0 Å². The second-order valence-electron chi connectivity index (χ2n) is 3.09. The van der Waals surface area contributed by atoms with Crippen molar-refractivity contribution in [3.8, 4) is 0 Å². The summed E-state index contributed by atoms with van der Waals surface area (Å²) in [4.78, 5) is 0. The van der Waals surface area contributed by atoms with Crippen LogP contribution in [-0.4, -0.2) is 20.9 Å². The van der Waals surface area contributed by atoms with Crippen LogP contribution >= 0.6 is 0 Å². The molecule has 0 saturated heterocycles. The first-order chi connectivity index (χ1) is 5.91. The Bertz CT molecular complexity index is 85.2. The Morgan fingerprint density at radius 2 is 1.75 bits per heavy atom. The standard InChI is InChI=1S/C11H22Te/c1-3-5-7-8-9-11-12-10-6-4-2/h9,11H,3-8,10H2,1-2H3/b11-9-. The summed E-state index contributed by atoms with van der Waals surface area (Å²) < 4.78 is 3.99. The van der Waals surface area contributed by atoms with Crippen molar-refractivity contribution in [1.82, 2.24) is 0 Å². The molecule has 0 amide bonds. The first-order valence-corrected chi connectivity index (χ1v) is 8.17. The van der Waals surface area contributed by atoms with Crippen LogP contribution in [0.2, 0.25) is 4.47 Å². The molecule has 0 radical (unpaired) electrons. The van der Waals surface area contributed by atoms with E-state index in [0.717, 1.165) is 0 Å². The molecule has 12 heavy (non-hydrogen) atoms. The van der Waals surface area contributed by atoms with Crippen molar-refractivity contribution in [3.05, 3.63) is 10.2 Å². The molecule has 0 bridgehead atoms. The van der Waals surface area contributed by atoms with Crippen molar-refractivity contribution in [2.75, 3.05) is 0 Å². The van der Waals surface area contributed by atoms with E-state index in [0.29, 0.717) is 0 Å². The number of hydrogen-bond acceptors (Lipinski definition) is 0. The summed E-state index contributed by atoms with van der Waals surface area (Å²) >= 11 is 0.256. The Morgan fingerprint density at radius 1 is 1.00 bits per heavy atom. The van der Waals surface area contributed by atoms with Gasteiger partial charge in [-0.25, -0.2) is 0 Å². The SMILES string of the molecule is CCCCC/C=C\[Te]CCCC. The molecule has 0 aromatic heterocycles. The van der Waals surface area contributed by atoms with E-state index < -0.39 is 0 Å². The average Bonchev–Trinajstić information content (AvgIpc) is 2.10. The molecule has 1 heteroatoms. The molecular weight excluding hydrogens is 260 g/mol. The number of rotatable bonds is 8. The number of hydrogen-bond donors (Lipinski definition) is 0. The summed E-state index contributed by atoms with van der Waals surface area (Å²) in [6.45, 7) is 4.54. The Hall–Kier alpha value is 0.530. The van der Waals surface area contributed by atoms with Crippen LogP contribution in [0.25, 0.3) is 0 Å². The van der Waals surface area contributed by atoms with Gasteiger partial charge in [0.2, 0.25) is 0 Å². The van der Waals surface area contributed by atoms with Crippen LogP contribution in [0.4, 0.5) is 0 Å². The zero-order valence-corrected chi connectivity index (χ0v) is 10.8. The van der Waals surface area contributed by atoms with Gasteiger partial charge in [-0.15, -0.1) is 0 Å². The number of unbranched alkanes of at least 4 members (excludes halogenated alkanes) is 4. The van der Waals surface area contributed by atoms with E-state index in [1.807, 2.05) is 0 Å². The van der Waals surface area contributed by atoms with E-state index in [4.69, 9.17) is 0 Å². The molecule has 0 nitrogen and oxygen atoms in total. The zero-order valence-electron chi connectivity index (χ0n) is 8.51. The third-order valence-electron chi connectivity index (χ3n) is 1.78. The molecule has 0 aliphatic rings. The van der Waals surface area contributed by atoms with Crippen molar-refractivity contribution >= 4 is 20.9 Å². The van der Waals surface area contributed by atoms with Gasteiger partial charge in [-0.1, -0.05) is 0 Å². The van der Waals surface area contributed by atoms with E-state index in [1.165, 1.54) is 43.0 Å². The molecule has 0 aromatic rings. The van der Waals surface area contributed by atoms with Gasteiger partial charge in [0.25, 0.3) is 0 Å². The van der Waals surface area contributed by atoms with E-state index >= 15 is 0 Å². The number of allylic oxidation sites excluding steroid dienone is 1. The van der Waals surface area contributed by atoms with Gasteiger partial charge in [-0.3, -0.25) is 0 Å². The van der Waals surface area contributed by atoms with Crippen LogP contribution in [0, 0.1) is 0 Å². The van der Waals surface area contributed by atoms with Gasteiger partial charge in [-0.2, -0.15) is 0 Å². The van der Waals surface area contributed by atoms with Crippen molar-refractivity contribution in [2.45, 2.75) is 56.8 Å². The first kappa shape index (κ1) is 12.5. The molecule has 0 unspecified atom stereocenters. The minimum atomic E-state index is 0.256. The van der Waals surface area contributed by atoms with E-state index in [9.17, 15) is 0 Å². The molecule has 0 rings (SSSR count). The van der Waals surface area contributed by atoms with Crippen molar-refractivity contribution in [1.29, 1.82) is 0 Å². The van der Waals surface area contributed by atoms with E-state index in [1.54, 1.807) is 0 Å². The van der Waals surface area contributed by atoms with Crippen molar-refractivity contribution in [2.24, 2.45) is 0 Å². The fourth-order valence-corrected chi connectivity index (χ4v) is 3.41. The molecule has 0 aliphatic carbocycles. The quantitative estimate of drug-likeness (QED) is 0.466. The summed E-state index contributed by atoms with van der Waals surface area (Å²) in [5.74, 6) is 0. The third-order valence-corrected chi connectivity index (χ3v) is 4.38. The van der Waals surface area contributed by atoms with Gasteiger partial charge in [-0.05, 0) is 0 Å². The van der Waals surface area contributed by atoms with Gasteiger partial charge in [0, 0.05) is 0 Å². The van der Waals surface area contributed by atoms with Gasteiger partial charge in [0.15, 0.2) is 0 Å². The third kappa shape index (κ3) is 10.5. The second-order valence-corrected chi connectivity index (χ2v) is 5.99. The Morgan fingerprint density at radius 3 is 2.42 bits per heavy atom.